The van der Waals surface area contributed by atoms with Gasteiger partial charge in [0.1, 0.15) is 0 Å². The van der Waals surface area contributed by atoms with Crippen LogP contribution in [0.4, 0.5) is 61.5 Å². The summed E-state index contributed by atoms with van der Waals surface area (Å²) in [6.07, 6.45) is -16.2. The Hall–Kier alpha value is -2.29. The van der Waals surface area contributed by atoms with Gasteiger partial charge in [0.2, 0.25) is 0 Å². The smallest absolute Gasteiger partial charge is 0.417 e. The number of esters is 1. The number of hydrogen-bond donors (Lipinski definition) is 0. The fraction of sp³-hybridized carbons (Fsp3) is 0.500. The minimum atomic E-state index is -6.84. The molecular formula is C14H6F14O2. The molecule has 0 aliphatic rings. The van der Waals surface area contributed by atoms with E-state index in [2.05, 4.69) is 4.74 Å². The first-order valence-corrected chi connectivity index (χ1v) is 7.03. The molecule has 30 heavy (non-hydrogen) atoms. The normalized spacial score (nSPS) is 14.2. The van der Waals surface area contributed by atoms with Gasteiger partial charge in [-0.1, -0.05) is 0 Å². The van der Waals surface area contributed by atoms with Gasteiger partial charge in [-0.2, -0.15) is 52.7 Å². The summed E-state index contributed by atoms with van der Waals surface area (Å²) in [7, 11) is 0. The minimum Gasteiger partial charge on any atom is -0.455 e. The zero-order valence-corrected chi connectivity index (χ0v) is 13.6. The van der Waals surface area contributed by atoms with Crippen LogP contribution in [-0.4, -0.2) is 36.8 Å². The van der Waals surface area contributed by atoms with Gasteiger partial charge in [-0.25, -0.2) is 13.6 Å². The van der Waals surface area contributed by atoms with E-state index in [1.165, 1.54) is 0 Å². The maximum absolute atomic E-state index is 13.3. The van der Waals surface area contributed by atoms with E-state index in [4.69, 9.17) is 0 Å². The van der Waals surface area contributed by atoms with Gasteiger partial charge in [-0.15, -0.1) is 0 Å². The molecule has 0 aliphatic carbocycles. The van der Waals surface area contributed by atoms with Crippen LogP contribution in [-0.2, 0) is 17.1 Å². The molecule has 16 heteroatoms. The number of benzene rings is 1. The van der Waals surface area contributed by atoms with Crippen LogP contribution in [0.2, 0.25) is 0 Å². The maximum Gasteiger partial charge on any atom is 0.417 e. The number of alkyl halides is 14. The van der Waals surface area contributed by atoms with Crippen molar-refractivity contribution < 1.29 is 71.0 Å². The van der Waals surface area contributed by atoms with Crippen molar-refractivity contribution in [1.82, 2.24) is 0 Å². The quantitative estimate of drug-likeness (QED) is 0.372. The summed E-state index contributed by atoms with van der Waals surface area (Å²) in [6, 6.07) is -0.947. The van der Waals surface area contributed by atoms with Gasteiger partial charge < -0.3 is 4.74 Å². The van der Waals surface area contributed by atoms with E-state index in [0.29, 0.717) is 0 Å². The highest BCUT2D eigenvalue weighted by Crippen LogP contribution is 2.48. The Kier molecular flexibility index (Phi) is 6.66. The molecule has 172 valence electrons. The molecule has 0 amide bonds. The molecule has 0 spiro atoms. The number of ether oxygens (including phenoxy) is 1. The first kappa shape index (κ1) is 25.7. The fourth-order valence-electron chi connectivity index (χ4n) is 1.84. The van der Waals surface area contributed by atoms with Gasteiger partial charge in [0.05, 0.1) is 16.7 Å². The number of rotatable bonds is 6. The highest BCUT2D eigenvalue weighted by atomic mass is 19.4. The molecule has 0 radical (unpaired) electrons. The van der Waals surface area contributed by atoms with Crippen LogP contribution in [0.1, 0.15) is 21.5 Å². The molecule has 0 bridgehead atoms. The number of halogens is 14. The Morgan fingerprint density at radius 1 is 0.833 bits per heavy atom. The molecule has 0 fully saturated rings. The van der Waals surface area contributed by atoms with Gasteiger partial charge in [-0.3, -0.25) is 0 Å². The van der Waals surface area contributed by atoms with E-state index in [-0.39, 0.29) is 12.1 Å². The first-order valence-electron chi connectivity index (χ1n) is 7.03. The summed E-state index contributed by atoms with van der Waals surface area (Å²) in [5.41, 5.74) is -6.12. The zero-order chi connectivity index (χ0) is 23.9. The topological polar surface area (TPSA) is 26.3 Å². The van der Waals surface area contributed by atoms with E-state index in [0.717, 1.165) is 0 Å². The van der Waals surface area contributed by atoms with Crippen molar-refractivity contribution in [3.8, 4) is 0 Å². The van der Waals surface area contributed by atoms with Crippen LogP contribution < -0.4 is 0 Å². The van der Waals surface area contributed by atoms with Crippen LogP contribution in [0.15, 0.2) is 18.2 Å². The minimum absolute atomic E-state index is 0.147. The third kappa shape index (κ3) is 4.88. The maximum atomic E-state index is 13.3. The second kappa shape index (κ2) is 7.76. The summed E-state index contributed by atoms with van der Waals surface area (Å²) >= 11 is 0. The molecule has 0 heterocycles. The third-order valence-electron chi connectivity index (χ3n) is 3.41. The molecule has 0 atom stereocenters. The molecule has 0 unspecified atom stereocenters. The fourth-order valence-corrected chi connectivity index (χ4v) is 1.84. The Morgan fingerprint density at radius 2 is 1.33 bits per heavy atom. The standard InChI is InChI=1S/C14H6F14O2/c15-9(16)11(19,20)14(27,28)10(17,18)4-30-8(29)6-3-5(12(21,22)23)1-2-7(6)13(24,25)26/h1-3,9H,4H2. The van der Waals surface area contributed by atoms with Crippen molar-refractivity contribution in [1.29, 1.82) is 0 Å². The molecule has 1 rings (SSSR count). The Labute approximate surface area is 156 Å². The van der Waals surface area contributed by atoms with Gasteiger partial charge >= 0.3 is 42.5 Å². The second-order valence-corrected chi connectivity index (χ2v) is 5.53. The molecule has 1 aromatic carbocycles. The molecule has 0 aromatic heterocycles. The van der Waals surface area contributed by atoms with Crippen LogP contribution >= 0.6 is 0 Å². The number of carbonyl (C=O) groups is 1. The molecule has 1 aromatic rings. The molecule has 0 N–H and O–H groups in total. The number of carbonyl (C=O) groups excluding carboxylic acids is 1. The molecule has 2 nitrogen and oxygen atoms in total. The van der Waals surface area contributed by atoms with Crippen molar-refractivity contribution in [3.05, 3.63) is 34.9 Å². The monoisotopic (exact) mass is 472 g/mol. The van der Waals surface area contributed by atoms with E-state index in [1.54, 1.807) is 0 Å². The largest absolute Gasteiger partial charge is 0.455 e. The summed E-state index contributed by atoms with van der Waals surface area (Å²) in [5, 5.41) is 0. The highest BCUT2D eigenvalue weighted by Gasteiger charge is 2.75. The van der Waals surface area contributed by atoms with Crippen molar-refractivity contribution in [2.45, 2.75) is 36.5 Å². The number of hydrogen-bond acceptors (Lipinski definition) is 2. The summed E-state index contributed by atoms with van der Waals surface area (Å²) in [6.45, 7) is -3.14. The SMILES string of the molecule is O=C(OCC(F)(F)C(F)(F)C(F)(F)C(F)F)c1cc(C(F)(F)F)ccc1C(F)(F)F. The summed E-state index contributed by atoms with van der Waals surface area (Å²) in [4.78, 5) is 11.5. The lowest BCUT2D eigenvalue weighted by atomic mass is 10.0. The Balaban J connectivity index is 3.27. The lowest BCUT2D eigenvalue weighted by Gasteiger charge is -2.31. The average Bonchev–Trinajstić information content (AvgIpc) is 2.57. The van der Waals surface area contributed by atoms with Gasteiger partial charge in [-0.05, 0) is 18.2 Å². The predicted molar refractivity (Wildman–Crippen MR) is 67.6 cm³/mol. The van der Waals surface area contributed by atoms with Crippen LogP contribution in [0, 0.1) is 0 Å². The van der Waals surface area contributed by atoms with E-state index in [9.17, 15) is 66.3 Å². The molecular weight excluding hydrogens is 466 g/mol. The molecule has 0 saturated heterocycles. The third-order valence-corrected chi connectivity index (χ3v) is 3.41. The molecule has 0 aliphatic heterocycles. The summed E-state index contributed by atoms with van der Waals surface area (Å²) in [5.74, 6) is -22.4. The Bertz CT molecular complexity index is 778. The lowest BCUT2D eigenvalue weighted by molar-refractivity contribution is -0.343. The summed E-state index contributed by atoms with van der Waals surface area (Å²) < 4.78 is 181. The second-order valence-electron chi connectivity index (χ2n) is 5.53. The zero-order valence-electron chi connectivity index (χ0n) is 13.6. The van der Waals surface area contributed by atoms with E-state index in [1.807, 2.05) is 0 Å². The predicted octanol–water partition coefficient (Wildman–Crippen LogP) is 6.05. The van der Waals surface area contributed by atoms with Gasteiger partial charge in [0.25, 0.3) is 0 Å². The van der Waals surface area contributed by atoms with Crippen molar-refractivity contribution in [2.24, 2.45) is 0 Å². The van der Waals surface area contributed by atoms with E-state index >= 15 is 0 Å². The van der Waals surface area contributed by atoms with Crippen LogP contribution in [0.5, 0.6) is 0 Å². The van der Waals surface area contributed by atoms with Crippen LogP contribution in [0.25, 0.3) is 0 Å². The van der Waals surface area contributed by atoms with Crippen molar-refractivity contribution in [2.75, 3.05) is 6.61 Å². The lowest BCUT2D eigenvalue weighted by Crippen LogP contribution is -2.59. The van der Waals surface area contributed by atoms with Crippen molar-refractivity contribution in [3.63, 3.8) is 0 Å². The molecule has 0 saturated carbocycles. The van der Waals surface area contributed by atoms with Crippen LogP contribution in [0.3, 0.4) is 0 Å². The van der Waals surface area contributed by atoms with Crippen molar-refractivity contribution >= 4 is 5.97 Å². The van der Waals surface area contributed by atoms with Gasteiger partial charge in [0, 0.05) is 0 Å². The average molecular weight is 472 g/mol. The van der Waals surface area contributed by atoms with Gasteiger partial charge in [0.15, 0.2) is 6.61 Å². The first-order chi connectivity index (χ1) is 13.2. The van der Waals surface area contributed by atoms with E-state index < -0.39 is 71.9 Å². The Morgan fingerprint density at radius 3 is 1.73 bits per heavy atom. The highest BCUT2D eigenvalue weighted by molar-refractivity contribution is 5.91.